The van der Waals surface area contributed by atoms with Crippen LogP contribution in [0.4, 0.5) is 96.6 Å². The Balaban J connectivity index is 1.55. The van der Waals surface area contributed by atoms with Crippen LogP contribution in [-0.4, -0.2) is 80.1 Å². The molecule has 4 aromatic carbocycles. The van der Waals surface area contributed by atoms with Crippen molar-refractivity contribution in [1.82, 2.24) is 0 Å². The molecule has 3 nitrogen and oxygen atoms in total. The SMILES string of the molecule is FC(F)C(F)(F)C(F)(F)C(F)(F)COc1ccc(-c2ccc(-c3ccc(-c4cc(OCC(F)(F)C(F)(F)C(F)(F)F)cc(OCC(F)(F)C(F)(F)C(F)(F)F)c4)cc3)cc2)cc1. The third-order valence-corrected chi connectivity index (χ3v) is 8.55. The summed E-state index contributed by atoms with van der Waals surface area (Å²) in [5.74, 6) is -46.6. The second-order valence-electron chi connectivity index (χ2n) is 13.0. The lowest BCUT2D eigenvalue weighted by Gasteiger charge is -2.32. The van der Waals surface area contributed by atoms with Gasteiger partial charge in [0.05, 0.1) is 0 Å². The Hall–Kier alpha value is -5.26. The zero-order valence-corrected chi connectivity index (χ0v) is 29.9. The summed E-state index contributed by atoms with van der Waals surface area (Å²) in [6.07, 6.45) is -18.7. The average molecular weight is 933 g/mol. The average Bonchev–Trinajstić information content (AvgIpc) is 3.17. The Morgan fingerprint density at radius 2 is 0.581 bits per heavy atom. The van der Waals surface area contributed by atoms with Crippen LogP contribution in [-0.2, 0) is 0 Å². The molecule has 0 atom stereocenters. The van der Waals surface area contributed by atoms with E-state index in [4.69, 9.17) is 0 Å². The first-order valence-corrected chi connectivity index (χ1v) is 16.5. The summed E-state index contributed by atoms with van der Waals surface area (Å²) in [4.78, 5) is 0. The van der Waals surface area contributed by atoms with Crippen LogP contribution >= 0.6 is 0 Å². The first-order valence-electron chi connectivity index (χ1n) is 16.5. The number of ether oxygens (including phenoxy) is 3. The predicted molar refractivity (Wildman–Crippen MR) is 172 cm³/mol. The van der Waals surface area contributed by atoms with E-state index >= 15 is 0 Å². The second kappa shape index (κ2) is 16.8. The molecule has 62 heavy (non-hydrogen) atoms. The number of alkyl halides is 22. The fraction of sp³-hybridized carbons (Fsp3) is 0.351. The van der Waals surface area contributed by atoms with Crippen LogP contribution in [0.2, 0.25) is 0 Å². The highest BCUT2D eigenvalue weighted by Gasteiger charge is 2.76. The lowest BCUT2D eigenvalue weighted by atomic mass is 9.98. The van der Waals surface area contributed by atoms with E-state index in [-0.39, 0.29) is 17.2 Å². The zero-order valence-electron chi connectivity index (χ0n) is 29.9. The van der Waals surface area contributed by atoms with Crippen LogP contribution in [0.5, 0.6) is 17.2 Å². The molecule has 4 aromatic rings. The quantitative estimate of drug-likeness (QED) is 0.0988. The van der Waals surface area contributed by atoms with Crippen LogP contribution < -0.4 is 14.2 Å². The van der Waals surface area contributed by atoms with E-state index < -0.39 is 97.3 Å². The molecule has 0 saturated carbocycles. The second-order valence-corrected chi connectivity index (χ2v) is 13.0. The van der Waals surface area contributed by atoms with Gasteiger partial charge in [-0.2, -0.15) is 87.8 Å². The van der Waals surface area contributed by atoms with Crippen molar-refractivity contribution in [2.75, 3.05) is 19.8 Å². The highest BCUT2D eigenvalue weighted by molar-refractivity contribution is 5.74. The van der Waals surface area contributed by atoms with Crippen molar-refractivity contribution in [1.29, 1.82) is 0 Å². The summed E-state index contributed by atoms with van der Waals surface area (Å²) < 4.78 is 304. The first-order chi connectivity index (χ1) is 28.1. The molecule has 0 aliphatic heterocycles. The molecule has 25 heteroatoms. The largest absolute Gasteiger partial charge is 0.487 e. The molecule has 0 saturated heterocycles. The van der Waals surface area contributed by atoms with Gasteiger partial charge in [-0.1, -0.05) is 60.7 Å². The molecular formula is C37H22F22O3. The fourth-order valence-electron chi connectivity index (χ4n) is 4.95. The summed E-state index contributed by atoms with van der Waals surface area (Å²) in [5.41, 5.74) is 1.10. The number of hydrogen-bond donors (Lipinski definition) is 0. The van der Waals surface area contributed by atoms with Crippen LogP contribution in [0, 0.1) is 0 Å². The number of hydrogen-bond acceptors (Lipinski definition) is 3. The fourth-order valence-corrected chi connectivity index (χ4v) is 4.95. The third-order valence-electron chi connectivity index (χ3n) is 8.55. The monoisotopic (exact) mass is 932 g/mol. The highest BCUT2D eigenvalue weighted by atomic mass is 19.4. The Bertz CT molecular complexity index is 2070. The van der Waals surface area contributed by atoms with Crippen molar-refractivity contribution in [3.8, 4) is 50.6 Å². The molecule has 0 fully saturated rings. The normalized spacial score (nSPS) is 14.0. The minimum absolute atomic E-state index is 0.0630. The lowest BCUT2D eigenvalue weighted by Crippen LogP contribution is -2.59. The van der Waals surface area contributed by atoms with E-state index in [1.54, 1.807) is 0 Å². The van der Waals surface area contributed by atoms with Crippen LogP contribution in [0.1, 0.15) is 0 Å². The molecule has 0 spiro atoms. The molecular weight excluding hydrogens is 910 g/mol. The molecule has 0 N–H and O–H groups in total. The van der Waals surface area contributed by atoms with Gasteiger partial charge in [0.2, 0.25) is 0 Å². The summed E-state index contributed by atoms with van der Waals surface area (Å²) in [5, 5.41) is 0. The van der Waals surface area contributed by atoms with Gasteiger partial charge in [-0.25, -0.2) is 8.78 Å². The first kappa shape index (κ1) is 49.4. The molecule has 0 amide bonds. The van der Waals surface area contributed by atoms with E-state index in [1.165, 1.54) is 60.7 Å². The van der Waals surface area contributed by atoms with Gasteiger partial charge in [-0.3, -0.25) is 0 Å². The standard InChI is InChI=1S/C37H22F22O3/c38-28(39)32(46,47)33(48,49)29(40,41)16-60-25-11-9-22(10-12-25)21-3-1-19(2-4-21)20-5-7-23(8-6-20)24-13-26(61-17-30(42,43)34(50,51)36(54,55)56)15-27(14-24)62-18-31(44,45)35(52,53)37(57,58)59/h1-15,28H,16-18H2. The van der Waals surface area contributed by atoms with Gasteiger partial charge in [-0.05, 0) is 57.6 Å². The molecule has 342 valence electrons. The van der Waals surface area contributed by atoms with Gasteiger partial charge < -0.3 is 14.2 Å². The van der Waals surface area contributed by atoms with Gasteiger partial charge in [0.15, 0.2) is 19.8 Å². The van der Waals surface area contributed by atoms with E-state index in [0.717, 1.165) is 12.1 Å². The zero-order chi connectivity index (χ0) is 47.1. The van der Waals surface area contributed by atoms with E-state index in [2.05, 4.69) is 14.2 Å². The van der Waals surface area contributed by atoms with Crippen molar-refractivity contribution in [2.45, 2.75) is 60.2 Å². The Labute approximate surface area is 332 Å². The van der Waals surface area contributed by atoms with Crippen LogP contribution in [0.3, 0.4) is 0 Å². The molecule has 0 heterocycles. The summed E-state index contributed by atoms with van der Waals surface area (Å²) in [7, 11) is 0. The van der Waals surface area contributed by atoms with Crippen molar-refractivity contribution in [2.24, 2.45) is 0 Å². The molecule has 0 aromatic heterocycles. The summed E-state index contributed by atoms with van der Waals surface area (Å²) >= 11 is 0. The van der Waals surface area contributed by atoms with Gasteiger partial charge in [0.1, 0.15) is 17.2 Å². The van der Waals surface area contributed by atoms with Gasteiger partial charge in [0, 0.05) is 6.07 Å². The highest BCUT2D eigenvalue weighted by Crippen LogP contribution is 2.50. The number of halogens is 22. The Morgan fingerprint density at radius 3 is 0.871 bits per heavy atom. The van der Waals surface area contributed by atoms with Gasteiger partial charge >= 0.3 is 60.2 Å². The summed E-state index contributed by atoms with van der Waals surface area (Å²) in [6.45, 7) is -7.83. The number of benzene rings is 4. The minimum Gasteiger partial charge on any atom is -0.487 e. The van der Waals surface area contributed by atoms with Crippen molar-refractivity contribution in [3.63, 3.8) is 0 Å². The van der Waals surface area contributed by atoms with Gasteiger partial charge in [0.25, 0.3) is 0 Å². The third kappa shape index (κ3) is 9.84. The van der Waals surface area contributed by atoms with E-state index in [0.29, 0.717) is 34.4 Å². The maximum absolute atomic E-state index is 13.9. The van der Waals surface area contributed by atoms with Crippen molar-refractivity contribution in [3.05, 3.63) is 91.0 Å². The van der Waals surface area contributed by atoms with E-state index in [1.807, 2.05) is 0 Å². The maximum atomic E-state index is 13.9. The van der Waals surface area contributed by atoms with Crippen LogP contribution in [0.15, 0.2) is 91.0 Å². The lowest BCUT2D eigenvalue weighted by molar-refractivity contribution is -0.358. The molecule has 0 bridgehead atoms. The molecule has 0 radical (unpaired) electrons. The molecule has 0 aliphatic rings. The molecule has 4 rings (SSSR count). The minimum atomic E-state index is -6.79. The number of rotatable bonds is 17. The van der Waals surface area contributed by atoms with E-state index in [9.17, 15) is 96.6 Å². The van der Waals surface area contributed by atoms with Gasteiger partial charge in [-0.15, -0.1) is 0 Å². The Morgan fingerprint density at radius 1 is 0.323 bits per heavy atom. The van der Waals surface area contributed by atoms with Crippen molar-refractivity contribution < 1.29 is 111 Å². The molecule has 0 aliphatic carbocycles. The topological polar surface area (TPSA) is 27.7 Å². The summed E-state index contributed by atoms with van der Waals surface area (Å²) in [6, 6.07) is 16.9. The van der Waals surface area contributed by atoms with Crippen molar-refractivity contribution >= 4 is 0 Å². The smallest absolute Gasteiger partial charge is 0.460 e. The van der Waals surface area contributed by atoms with Crippen LogP contribution in [0.25, 0.3) is 33.4 Å². The predicted octanol–water partition coefficient (Wildman–Crippen LogP) is 13.7. The molecule has 0 unspecified atom stereocenters. The maximum Gasteiger partial charge on any atom is 0.460 e. The Kier molecular flexibility index (Phi) is 13.4.